The standard InChI is InChI=1S/C21H30N6O3S/c1-15-6-7-18(16(2)14-15)31(29,30)27-12-8-17(9-13-27)19(28)22-20-23-21(25-24-20)26-10-4-3-5-11-26/h6-7,14,17H,3-5,8-13H2,1-2H3,(H2,22,23,24,25,28). The van der Waals surface area contributed by atoms with Crippen LogP contribution in [0, 0.1) is 19.8 Å². The van der Waals surface area contributed by atoms with Crippen LogP contribution in [-0.2, 0) is 14.8 Å². The SMILES string of the molecule is Cc1ccc(S(=O)(=O)N2CCC(C(=O)Nc3nc(N4CCCCC4)n[nH]3)CC2)c(C)c1. The first-order valence-electron chi connectivity index (χ1n) is 10.9. The largest absolute Gasteiger partial charge is 0.340 e. The average molecular weight is 447 g/mol. The molecule has 31 heavy (non-hydrogen) atoms. The van der Waals surface area contributed by atoms with Crippen LogP contribution in [0.25, 0.3) is 0 Å². The minimum atomic E-state index is -3.56. The number of carbonyl (C=O) groups excluding carboxylic acids is 1. The lowest BCUT2D eigenvalue weighted by Crippen LogP contribution is -2.41. The number of nitrogens with one attached hydrogen (secondary N) is 2. The number of aromatic nitrogens is 3. The molecule has 2 saturated heterocycles. The lowest BCUT2D eigenvalue weighted by atomic mass is 9.97. The number of carbonyl (C=O) groups is 1. The molecule has 1 amide bonds. The van der Waals surface area contributed by atoms with Crippen LogP contribution >= 0.6 is 0 Å². The van der Waals surface area contributed by atoms with Crippen LogP contribution in [0.3, 0.4) is 0 Å². The molecule has 2 fully saturated rings. The first-order chi connectivity index (χ1) is 14.8. The van der Waals surface area contributed by atoms with Crippen molar-refractivity contribution in [2.75, 3.05) is 36.4 Å². The third-order valence-corrected chi connectivity index (χ3v) is 8.19. The highest BCUT2D eigenvalue weighted by Crippen LogP contribution is 2.27. The Kier molecular flexibility index (Phi) is 6.29. The van der Waals surface area contributed by atoms with Gasteiger partial charge in [0, 0.05) is 32.1 Å². The number of hydrogen-bond donors (Lipinski definition) is 2. The summed E-state index contributed by atoms with van der Waals surface area (Å²) < 4.78 is 27.6. The molecular formula is C21H30N6O3S. The van der Waals surface area contributed by atoms with Gasteiger partial charge in [0.1, 0.15) is 0 Å². The van der Waals surface area contributed by atoms with Crippen LogP contribution in [0.5, 0.6) is 0 Å². The van der Waals surface area contributed by atoms with Crippen LogP contribution in [0.2, 0.25) is 0 Å². The Morgan fingerprint density at radius 2 is 1.81 bits per heavy atom. The predicted molar refractivity (Wildman–Crippen MR) is 118 cm³/mol. The van der Waals surface area contributed by atoms with Crippen LogP contribution in [-0.4, -0.2) is 60.0 Å². The lowest BCUT2D eigenvalue weighted by Gasteiger charge is -2.30. The van der Waals surface area contributed by atoms with Gasteiger partial charge in [0.25, 0.3) is 0 Å². The molecule has 0 aliphatic carbocycles. The molecule has 1 aromatic heterocycles. The molecule has 0 bridgehead atoms. The molecule has 0 saturated carbocycles. The molecule has 0 radical (unpaired) electrons. The van der Waals surface area contributed by atoms with Gasteiger partial charge in [-0.3, -0.25) is 10.1 Å². The second-order valence-corrected chi connectivity index (χ2v) is 10.4. The second-order valence-electron chi connectivity index (χ2n) is 8.47. The summed E-state index contributed by atoms with van der Waals surface area (Å²) in [6.07, 6.45) is 4.42. The quantitative estimate of drug-likeness (QED) is 0.730. The molecule has 4 rings (SSSR count). The van der Waals surface area contributed by atoms with E-state index in [1.807, 2.05) is 26.0 Å². The number of hydrogen-bond acceptors (Lipinski definition) is 6. The molecule has 2 aromatic rings. The van der Waals surface area contributed by atoms with Gasteiger partial charge >= 0.3 is 0 Å². The van der Waals surface area contributed by atoms with Gasteiger partial charge < -0.3 is 4.90 Å². The number of sulfonamides is 1. The Morgan fingerprint density at radius 3 is 2.48 bits per heavy atom. The van der Waals surface area contributed by atoms with E-state index >= 15 is 0 Å². The zero-order valence-electron chi connectivity index (χ0n) is 18.1. The zero-order chi connectivity index (χ0) is 22.0. The number of piperidine rings is 2. The molecule has 1 aromatic carbocycles. The van der Waals surface area contributed by atoms with E-state index < -0.39 is 10.0 Å². The number of amides is 1. The molecule has 168 valence electrons. The van der Waals surface area contributed by atoms with Crippen LogP contribution < -0.4 is 10.2 Å². The molecule has 10 heteroatoms. The summed E-state index contributed by atoms with van der Waals surface area (Å²) >= 11 is 0. The highest BCUT2D eigenvalue weighted by Gasteiger charge is 2.33. The number of anilines is 2. The van der Waals surface area contributed by atoms with E-state index in [9.17, 15) is 13.2 Å². The number of benzene rings is 1. The Bertz CT molecular complexity index is 1040. The summed E-state index contributed by atoms with van der Waals surface area (Å²) in [6.45, 7) is 6.26. The van der Waals surface area contributed by atoms with Crippen LogP contribution in [0.1, 0.15) is 43.2 Å². The van der Waals surface area contributed by atoms with E-state index in [2.05, 4.69) is 25.4 Å². The highest BCUT2D eigenvalue weighted by atomic mass is 32.2. The van der Waals surface area contributed by atoms with Crippen molar-refractivity contribution < 1.29 is 13.2 Å². The molecular weight excluding hydrogens is 416 g/mol. The maximum Gasteiger partial charge on any atom is 0.246 e. The summed E-state index contributed by atoms with van der Waals surface area (Å²) in [4.78, 5) is 19.5. The minimum Gasteiger partial charge on any atom is -0.340 e. The fourth-order valence-electron chi connectivity index (χ4n) is 4.35. The summed E-state index contributed by atoms with van der Waals surface area (Å²) in [5, 5.41) is 9.82. The smallest absolute Gasteiger partial charge is 0.246 e. The van der Waals surface area contributed by atoms with Crippen molar-refractivity contribution in [1.29, 1.82) is 0 Å². The maximum absolute atomic E-state index is 13.0. The summed E-state index contributed by atoms with van der Waals surface area (Å²) in [5.74, 6) is 0.555. The Hall–Kier alpha value is -2.46. The molecule has 3 heterocycles. The number of rotatable bonds is 5. The minimum absolute atomic E-state index is 0.148. The van der Waals surface area contributed by atoms with Gasteiger partial charge in [0.2, 0.25) is 27.8 Å². The Morgan fingerprint density at radius 1 is 1.10 bits per heavy atom. The fraction of sp³-hybridized carbons (Fsp3) is 0.571. The fourth-order valence-corrected chi connectivity index (χ4v) is 6.02. The van der Waals surface area contributed by atoms with Crippen molar-refractivity contribution in [3.05, 3.63) is 29.3 Å². The van der Waals surface area contributed by atoms with Gasteiger partial charge in [-0.25, -0.2) is 13.5 Å². The van der Waals surface area contributed by atoms with Crippen molar-refractivity contribution in [1.82, 2.24) is 19.5 Å². The number of nitrogens with zero attached hydrogens (tertiary/aromatic N) is 4. The van der Waals surface area contributed by atoms with E-state index in [0.29, 0.717) is 42.7 Å². The molecule has 0 unspecified atom stereocenters. The van der Waals surface area contributed by atoms with Crippen LogP contribution in [0.15, 0.2) is 23.1 Å². The van der Waals surface area contributed by atoms with E-state index in [-0.39, 0.29) is 11.8 Å². The molecule has 2 N–H and O–H groups in total. The predicted octanol–water partition coefficient (Wildman–Crippen LogP) is 2.45. The Balaban J connectivity index is 1.34. The van der Waals surface area contributed by atoms with E-state index in [1.54, 1.807) is 6.07 Å². The van der Waals surface area contributed by atoms with Gasteiger partial charge in [0.05, 0.1) is 4.90 Å². The second kappa shape index (κ2) is 8.96. The van der Waals surface area contributed by atoms with E-state index in [4.69, 9.17) is 0 Å². The van der Waals surface area contributed by atoms with Gasteiger partial charge in [-0.2, -0.15) is 9.29 Å². The van der Waals surface area contributed by atoms with Crippen molar-refractivity contribution >= 4 is 27.8 Å². The average Bonchev–Trinajstić information content (AvgIpc) is 3.22. The van der Waals surface area contributed by atoms with E-state index in [1.165, 1.54) is 10.7 Å². The summed E-state index contributed by atoms with van der Waals surface area (Å²) in [7, 11) is -3.56. The molecule has 0 spiro atoms. The van der Waals surface area contributed by atoms with Gasteiger partial charge in [-0.1, -0.05) is 17.7 Å². The van der Waals surface area contributed by atoms with Gasteiger partial charge in [-0.05, 0) is 57.6 Å². The number of aryl methyl sites for hydroxylation is 2. The topological polar surface area (TPSA) is 111 Å². The van der Waals surface area contributed by atoms with Gasteiger partial charge in [0.15, 0.2) is 0 Å². The molecule has 2 aliphatic heterocycles. The highest BCUT2D eigenvalue weighted by molar-refractivity contribution is 7.89. The van der Waals surface area contributed by atoms with E-state index in [0.717, 1.165) is 37.1 Å². The first kappa shape index (κ1) is 21.8. The van der Waals surface area contributed by atoms with Crippen molar-refractivity contribution in [2.45, 2.75) is 50.8 Å². The van der Waals surface area contributed by atoms with Crippen LogP contribution in [0.4, 0.5) is 11.9 Å². The number of H-pyrrole nitrogens is 1. The normalized spacial score (nSPS) is 18.8. The maximum atomic E-state index is 13.0. The Labute approximate surface area is 183 Å². The third-order valence-electron chi connectivity index (χ3n) is 6.13. The first-order valence-corrected chi connectivity index (χ1v) is 12.3. The molecule has 0 atom stereocenters. The van der Waals surface area contributed by atoms with Crippen molar-refractivity contribution in [3.63, 3.8) is 0 Å². The zero-order valence-corrected chi connectivity index (χ0v) is 18.9. The molecule has 9 nitrogen and oxygen atoms in total. The van der Waals surface area contributed by atoms with Crippen molar-refractivity contribution in [2.24, 2.45) is 5.92 Å². The monoisotopic (exact) mass is 446 g/mol. The van der Waals surface area contributed by atoms with Gasteiger partial charge in [-0.15, -0.1) is 5.10 Å². The summed E-state index contributed by atoms with van der Waals surface area (Å²) in [5.41, 5.74) is 1.78. The molecule has 2 aliphatic rings. The van der Waals surface area contributed by atoms with Crippen molar-refractivity contribution in [3.8, 4) is 0 Å². The lowest BCUT2D eigenvalue weighted by molar-refractivity contribution is -0.121. The third kappa shape index (κ3) is 4.74. The number of aromatic amines is 1. The summed E-state index contributed by atoms with van der Waals surface area (Å²) in [6, 6.07) is 5.36.